The van der Waals surface area contributed by atoms with Gasteiger partial charge in [0.2, 0.25) is 0 Å². The molecule has 0 saturated carbocycles. The Bertz CT molecular complexity index is 608. The van der Waals surface area contributed by atoms with Gasteiger partial charge in [0.25, 0.3) is 5.91 Å². The Morgan fingerprint density at radius 3 is 2.79 bits per heavy atom. The number of hydrogen-bond donors (Lipinski definition) is 1. The molecule has 0 atom stereocenters. The van der Waals surface area contributed by atoms with E-state index in [4.69, 9.17) is 0 Å². The molecule has 0 spiro atoms. The minimum atomic E-state index is -0.420. The molecule has 1 aromatic heterocycles. The fourth-order valence-electron chi connectivity index (χ4n) is 1.77. The lowest BCUT2D eigenvalue weighted by molar-refractivity contribution is 0.0780. The lowest BCUT2D eigenvalue weighted by Crippen LogP contribution is -2.27. The van der Waals surface area contributed by atoms with E-state index in [1.165, 1.54) is 17.0 Å². The molecule has 1 amide bonds. The van der Waals surface area contributed by atoms with Gasteiger partial charge in [0, 0.05) is 12.6 Å². The van der Waals surface area contributed by atoms with E-state index in [1.54, 1.807) is 27.0 Å². The molecule has 5 nitrogen and oxygen atoms in total. The second-order valence-electron chi connectivity index (χ2n) is 4.46. The highest BCUT2D eigenvalue weighted by molar-refractivity contribution is 5.95. The zero-order valence-electron chi connectivity index (χ0n) is 11.1. The van der Waals surface area contributed by atoms with Gasteiger partial charge in [0.1, 0.15) is 11.6 Å². The molecule has 1 heterocycles. The van der Waals surface area contributed by atoms with Gasteiger partial charge in [-0.05, 0) is 31.5 Å². The second-order valence-corrected chi connectivity index (χ2v) is 4.46. The van der Waals surface area contributed by atoms with Gasteiger partial charge in [0.05, 0.1) is 6.54 Å². The minimum absolute atomic E-state index is 0.251. The number of halogens is 1. The molecule has 2 aromatic rings. The van der Waals surface area contributed by atoms with Crippen LogP contribution in [0.1, 0.15) is 27.6 Å². The molecule has 0 aliphatic carbocycles. The van der Waals surface area contributed by atoms with E-state index in [0.29, 0.717) is 17.2 Å². The fraction of sp³-hybridized carbons (Fsp3) is 0.308. The molecule has 0 unspecified atom stereocenters. The summed E-state index contributed by atoms with van der Waals surface area (Å²) in [5.41, 5.74) is 1.10. The van der Waals surface area contributed by atoms with E-state index in [2.05, 4.69) is 15.2 Å². The summed E-state index contributed by atoms with van der Waals surface area (Å²) in [6.45, 7) is 3.84. The van der Waals surface area contributed by atoms with Gasteiger partial charge >= 0.3 is 0 Å². The first-order chi connectivity index (χ1) is 8.97. The lowest BCUT2D eigenvalue weighted by atomic mass is 10.1. The van der Waals surface area contributed by atoms with Crippen LogP contribution in [-0.2, 0) is 6.54 Å². The first kappa shape index (κ1) is 13.2. The maximum atomic E-state index is 13.2. The standard InChI is InChI=1S/C13H15FN4O/c1-8-4-5-10(14)6-11(8)13(19)18(3)7-12-15-9(2)16-17-12/h4-6H,7H2,1-3H3,(H,15,16,17). The topological polar surface area (TPSA) is 61.9 Å². The summed E-state index contributed by atoms with van der Waals surface area (Å²) in [6, 6.07) is 4.18. The highest BCUT2D eigenvalue weighted by atomic mass is 19.1. The van der Waals surface area contributed by atoms with Crippen LogP contribution in [0, 0.1) is 19.7 Å². The van der Waals surface area contributed by atoms with Gasteiger partial charge in [-0.2, -0.15) is 5.10 Å². The third kappa shape index (κ3) is 2.96. The molecule has 2 rings (SSSR count). The predicted octanol–water partition coefficient (Wildman–Crippen LogP) is 1.83. The summed E-state index contributed by atoms with van der Waals surface area (Å²) < 4.78 is 13.2. The van der Waals surface area contributed by atoms with Crippen molar-refractivity contribution in [3.8, 4) is 0 Å². The molecular weight excluding hydrogens is 247 g/mol. The zero-order chi connectivity index (χ0) is 14.0. The number of aryl methyl sites for hydroxylation is 2. The van der Waals surface area contributed by atoms with Crippen molar-refractivity contribution in [2.45, 2.75) is 20.4 Å². The van der Waals surface area contributed by atoms with Crippen LogP contribution in [0.25, 0.3) is 0 Å². The highest BCUT2D eigenvalue weighted by Crippen LogP contribution is 2.13. The Balaban J connectivity index is 2.16. The minimum Gasteiger partial charge on any atom is -0.334 e. The van der Waals surface area contributed by atoms with Crippen LogP contribution in [0.15, 0.2) is 18.2 Å². The first-order valence-electron chi connectivity index (χ1n) is 5.87. The Kier molecular flexibility index (Phi) is 3.59. The molecule has 0 aliphatic rings. The van der Waals surface area contributed by atoms with Crippen molar-refractivity contribution >= 4 is 5.91 Å². The number of amides is 1. The van der Waals surface area contributed by atoms with Crippen LogP contribution >= 0.6 is 0 Å². The molecule has 19 heavy (non-hydrogen) atoms. The average molecular weight is 262 g/mol. The number of hydrogen-bond acceptors (Lipinski definition) is 3. The quantitative estimate of drug-likeness (QED) is 0.918. The summed E-state index contributed by atoms with van der Waals surface area (Å²) >= 11 is 0. The smallest absolute Gasteiger partial charge is 0.254 e. The maximum Gasteiger partial charge on any atom is 0.254 e. The Labute approximate surface area is 110 Å². The molecule has 1 aromatic carbocycles. The molecule has 0 saturated heterocycles. The van der Waals surface area contributed by atoms with Crippen LogP contribution in [-0.4, -0.2) is 33.0 Å². The van der Waals surface area contributed by atoms with Crippen LogP contribution < -0.4 is 0 Å². The van der Waals surface area contributed by atoms with E-state index in [9.17, 15) is 9.18 Å². The Hall–Kier alpha value is -2.24. The Morgan fingerprint density at radius 2 is 2.16 bits per heavy atom. The third-order valence-electron chi connectivity index (χ3n) is 2.80. The van der Waals surface area contributed by atoms with Gasteiger partial charge in [-0.3, -0.25) is 9.89 Å². The number of aromatic nitrogens is 3. The SMILES string of the molecule is Cc1nc(CN(C)C(=O)c2cc(F)ccc2C)n[nH]1. The Morgan fingerprint density at radius 1 is 1.42 bits per heavy atom. The van der Waals surface area contributed by atoms with Crippen molar-refractivity contribution in [3.05, 3.63) is 46.8 Å². The number of nitrogens with zero attached hydrogens (tertiary/aromatic N) is 3. The number of carbonyl (C=O) groups is 1. The number of rotatable bonds is 3. The molecule has 6 heteroatoms. The van der Waals surface area contributed by atoms with Crippen molar-refractivity contribution < 1.29 is 9.18 Å². The first-order valence-corrected chi connectivity index (χ1v) is 5.87. The van der Waals surface area contributed by atoms with Crippen LogP contribution in [0.4, 0.5) is 4.39 Å². The summed E-state index contributed by atoms with van der Waals surface area (Å²) in [4.78, 5) is 17.8. The molecule has 0 aliphatic heterocycles. The zero-order valence-corrected chi connectivity index (χ0v) is 11.1. The number of nitrogens with one attached hydrogen (secondary N) is 1. The average Bonchev–Trinajstić information content (AvgIpc) is 2.77. The predicted molar refractivity (Wildman–Crippen MR) is 68.1 cm³/mol. The molecule has 100 valence electrons. The summed E-state index contributed by atoms with van der Waals surface area (Å²) in [6.07, 6.45) is 0. The van der Waals surface area contributed by atoms with Crippen molar-refractivity contribution in [2.24, 2.45) is 0 Å². The lowest BCUT2D eigenvalue weighted by Gasteiger charge is -2.16. The summed E-state index contributed by atoms with van der Waals surface area (Å²) in [5, 5.41) is 6.68. The van der Waals surface area contributed by atoms with Crippen LogP contribution in [0.5, 0.6) is 0 Å². The van der Waals surface area contributed by atoms with Gasteiger partial charge in [0.15, 0.2) is 5.82 Å². The van der Waals surface area contributed by atoms with Crippen molar-refractivity contribution in [2.75, 3.05) is 7.05 Å². The largest absolute Gasteiger partial charge is 0.334 e. The van der Waals surface area contributed by atoms with E-state index >= 15 is 0 Å². The number of H-pyrrole nitrogens is 1. The third-order valence-corrected chi connectivity index (χ3v) is 2.80. The fourth-order valence-corrected chi connectivity index (χ4v) is 1.77. The van der Waals surface area contributed by atoms with Gasteiger partial charge in [-0.15, -0.1) is 0 Å². The van der Waals surface area contributed by atoms with E-state index in [-0.39, 0.29) is 12.5 Å². The number of benzene rings is 1. The normalized spacial score (nSPS) is 10.5. The molecule has 0 radical (unpaired) electrons. The number of aromatic amines is 1. The highest BCUT2D eigenvalue weighted by Gasteiger charge is 2.16. The van der Waals surface area contributed by atoms with E-state index in [1.807, 2.05) is 0 Å². The van der Waals surface area contributed by atoms with Crippen LogP contribution in [0.3, 0.4) is 0 Å². The van der Waals surface area contributed by atoms with E-state index < -0.39 is 5.82 Å². The van der Waals surface area contributed by atoms with Crippen LogP contribution in [0.2, 0.25) is 0 Å². The van der Waals surface area contributed by atoms with Gasteiger partial charge < -0.3 is 4.90 Å². The summed E-state index contributed by atoms with van der Waals surface area (Å²) in [5.74, 6) is 0.552. The van der Waals surface area contributed by atoms with Crippen molar-refractivity contribution in [3.63, 3.8) is 0 Å². The van der Waals surface area contributed by atoms with Crippen molar-refractivity contribution in [1.29, 1.82) is 0 Å². The molecule has 0 bridgehead atoms. The van der Waals surface area contributed by atoms with Crippen molar-refractivity contribution in [1.82, 2.24) is 20.1 Å². The monoisotopic (exact) mass is 262 g/mol. The van der Waals surface area contributed by atoms with Gasteiger partial charge in [-0.1, -0.05) is 6.07 Å². The maximum absolute atomic E-state index is 13.2. The molecule has 0 fully saturated rings. The number of carbonyl (C=O) groups excluding carboxylic acids is 1. The molecule has 1 N–H and O–H groups in total. The second kappa shape index (κ2) is 5.17. The van der Waals surface area contributed by atoms with E-state index in [0.717, 1.165) is 5.56 Å². The van der Waals surface area contributed by atoms with Gasteiger partial charge in [-0.25, -0.2) is 9.37 Å². The summed E-state index contributed by atoms with van der Waals surface area (Å²) in [7, 11) is 1.64. The molecular formula is C13H15FN4O.